The van der Waals surface area contributed by atoms with Gasteiger partial charge in [-0.15, -0.1) is 6.42 Å². The molecule has 0 fully saturated rings. The van der Waals surface area contributed by atoms with Gasteiger partial charge in [0.25, 0.3) is 0 Å². The van der Waals surface area contributed by atoms with Crippen molar-refractivity contribution in [3.63, 3.8) is 0 Å². The van der Waals surface area contributed by atoms with Crippen molar-refractivity contribution in [3.8, 4) is 12.3 Å². The van der Waals surface area contributed by atoms with Crippen molar-refractivity contribution >= 4 is 0 Å². The van der Waals surface area contributed by atoms with Gasteiger partial charge in [0.15, 0.2) is 0 Å². The van der Waals surface area contributed by atoms with E-state index in [0.717, 1.165) is 6.42 Å². The molecule has 0 aromatic heterocycles. The molecule has 0 saturated carbocycles. The van der Waals surface area contributed by atoms with Gasteiger partial charge in [0.05, 0.1) is 18.8 Å². The molecule has 70 valence electrons. The highest BCUT2D eigenvalue weighted by Crippen LogP contribution is 1.89. The van der Waals surface area contributed by atoms with Crippen molar-refractivity contribution in [2.45, 2.75) is 25.5 Å². The number of ether oxygens (including phenoxy) is 1. The maximum atomic E-state index is 9.23. The molecule has 0 spiro atoms. The summed E-state index contributed by atoms with van der Waals surface area (Å²) in [5.74, 6) is 2.59. The Morgan fingerprint density at radius 3 is 2.75 bits per heavy atom. The number of methoxy groups -OCH3 is 1. The van der Waals surface area contributed by atoms with E-state index in [2.05, 4.69) is 11.2 Å². The van der Waals surface area contributed by atoms with Crippen LogP contribution in [0.25, 0.3) is 0 Å². The summed E-state index contributed by atoms with van der Waals surface area (Å²) in [5.41, 5.74) is 0. The molecule has 0 aliphatic heterocycles. The molecule has 0 bridgehead atoms. The standard InChI is InChI=1S/C9H17NO2/c1-4-8(5-2)10-6-9(11)7-12-3/h1,8-11H,5-7H2,2-3H3. The number of terminal acetylenes is 1. The Labute approximate surface area is 74.1 Å². The minimum absolute atomic E-state index is 0.0523. The van der Waals surface area contributed by atoms with Crippen molar-refractivity contribution in [3.05, 3.63) is 0 Å². The van der Waals surface area contributed by atoms with Crippen LogP contribution in [0.2, 0.25) is 0 Å². The molecule has 0 saturated heterocycles. The molecule has 2 N–H and O–H groups in total. The maximum Gasteiger partial charge on any atom is 0.0897 e. The molecule has 0 radical (unpaired) electrons. The van der Waals surface area contributed by atoms with Crippen molar-refractivity contribution in [1.82, 2.24) is 5.32 Å². The van der Waals surface area contributed by atoms with Gasteiger partial charge < -0.3 is 15.2 Å². The molecule has 0 rings (SSSR count). The predicted octanol–water partition coefficient (Wildman–Crippen LogP) is -0.00490. The van der Waals surface area contributed by atoms with Gasteiger partial charge in [0.1, 0.15) is 0 Å². The van der Waals surface area contributed by atoms with Crippen LogP contribution in [0.3, 0.4) is 0 Å². The van der Waals surface area contributed by atoms with Gasteiger partial charge in [-0.2, -0.15) is 0 Å². The summed E-state index contributed by atoms with van der Waals surface area (Å²) in [6.07, 6.45) is 5.61. The van der Waals surface area contributed by atoms with Crippen LogP contribution in [0.1, 0.15) is 13.3 Å². The SMILES string of the molecule is C#CC(CC)NCC(O)COC. The summed E-state index contributed by atoms with van der Waals surface area (Å²) in [7, 11) is 1.56. The molecule has 2 atom stereocenters. The van der Waals surface area contributed by atoms with Crippen molar-refractivity contribution in [2.24, 2.45) is 0 Å². The lowest BCUT2D eigenvalue weighted by Gasteiger charge is -2.14. The second-order valence-electron chi connectivity index (χ2n) is 2.64. The Kier molecular flexibility index (Phi) is 6.78. The van der Waals surface area contributed by atoms with E-state index in [9.17, 15) is 5.11 Å². The minimum Gasteiger partial charge on any atom is -0.389 e. The van der Waals surface area contributed by atoms with Gasteiger partial charge in [0, 0.05) is 13.7 Å². The first-order chi connectivity index (χ1) is 5.74. The molecule has 0 heterocycles. The lowest BCUT2D eigenvalue weighted by atomic mass is 10.2. The fourth-order valence-electron chi connectivity index (χ4n) is 0.851. The first-order valence-corrected chi connectivity index (χ1v) is 4.11. The molecule has 0 aliphatic carbocycles. The number of hydrogen-bond acceptors (Lipinski definition) is 3. The minimum atomic E-state index is -0.475. The summed E-state index contributed by atoms with van der Waals surface area (Å²) < 4.78 is 4.76. The van der Waals surface area contributed by atoms with Gasteiger partial charge in [-0.3, -0.25) is 0 Å². The molecule has 3 heteroatoms. The van der Waals surface area contributed by atoms with Crippen molar-refractivity contribution < 1.29 is 9.84 Å². The molecular formula is C9H17NO2. The highest BCUT2D eigenvalue weighted by Gasteiger charge is 2.05. The van der Waals surface area contributed by atoms with Crippen molar-refractivity contribution in [1.29, 1.82) is 0 Å². The Morgan fingerprint density at radius 1 is 1.67 bits per heavy atom. The van der Waals surface area contributed by atoms with Crippen LogP contribution >= 0.6 is 0 Å². The third-order valence-electron chi connectivity index (χ3n) is 1.57. The number of rotatable bonds is 6. The first kappa shape index (κ1) is 11.4. The normalized spacial score (nSPS) is 15.2. The van der Waals surface area contributed by atoms with E-state index < -0.39 is 6.10 Å². The fourth-order valence-corrected chi connectivity index (χ4v) is 0.851. The molecule has 0 aromatic carbocycles. The Hall–Kier alpha value is -0.560. The molecule has 0 aromatic rings. The van der Waals surface area contributed by atoms with Gasteiger partial charge in [-0.1, -0.05) is 12.8 Å². The molecule has 0 amide bonds. The van der Waals surface area contributed by atoms with Gasteiger partial charge in [-0.25, -0.2) is 0 Å². The zero-order valence-corrected chi connectivity index (χ0v) is 7.71. The zero-order valence-electron chi connectivity index (χ0n) is 7.71. The molecule has 2 unspecified atom stereocenters. The van der Waals surface area contributed by atoms with Crippen LogP contribution in [0, 0.1) is 12.3 Å². The van der Waals surface area contributed by atoms with Gasteiger partial charge in [0.2, 0.25) is 0 Å². The molecule has 3 nitrogen and oxygen atoms in total. The smallest absolute Gasteiger partial charge is 0.0897 e. The summed E-state index contributed by atoms with van der Waals surface area (Å²) in [6.45, 7) is 2.82. The van der Waals surface area contributed by atoms with Crippen LogP contribution in [0.4, 0.5) is 0 Å². The van der Waals surface area contributed by atoms with E-state index in [0.29, 0.717) is 13.2 Å². The van der Waals surface area contributed by atoms with Gasteiger partial charge >= 0.3 is 0 Å². The van der Waals surface area contributed by atoms with Crippen LogP contribution in [-0.4, -0.2) is 37.5 Å². The molecular weight excluding hydrogens is 154 g/mol. The predicted molar refractivity (Wildman–Crippen MR) is 48.8 cm³/mol. The van der Waals surface area contributed by atoms with E-state index in [-0.39, 0.29) is 6.04 Å². The van der Waals surface area contributed by atoms with Gasteiger partial charge in [-0.05, 0) is 6.42 Å². The number of nitrogens with one attached hydrogen (secondary N) is 1. The van der Waals surface area contributed by atoms with Crippen molar-refractivity contribution in [2.75, 3.05) is 20.3 Å². The Morgan fingerprint density at radius 2 is 2.33 bits per heavy atom. The highest BCUT2D eigenvalue weighted by molar-refractivity contribution is 4.97. The summed E-state index contributed by atoms with van der Waals surface area (Å²) in [6, 6.07) is 0.0523. The third kappa shape index (κ3) is 5.14. The van der Waals surface area contributed by atoms with E-state index in [4.69, 9.17) is 11.2 Å². The second-order valence-corrected chi connectivity index (χ2v) is 2.64. The summed E-state index contributed by atoms with van der Waals surface area (Å²) in [4.78, 5) is 0. The maximum absolute atomic E-state index is 9.23. The van der Waals surface area contributed by atoms with E-state index in [1.54, 1.807) is 7.11 Å². The van der Waals surface area contributed by atoms with Crippen LogP contribution < -0.4 is 5.32 Å². The largest absolute Gasteiger partial charge is 0.389 e. The quantitative estimate of drug-likeness (QED) is 0.552. The topological polar surface area (TPSA) is 41.5 Å². The highest BCUT2D eigenvalue weighted by atomic mass is 16.5. The third-order valence-corrected chi connectivity index (χ3v) is 1.57. The van der Waals surface area contributed by atoms with Crippen LogP contribution in [-0.2, 0) is 4.74 Å². The summed E-state index contributed by atoms with van der Waals surface area (Å²) in [5, 5.41) is 12.3. The number of aliphatic hydroxyl groups excluding tert-OH is 1. The Balaban J connectivity index is 3.46. The Bertz CT molecular complexity index is 142. The fraction of sp³-hybridized carbons (Fsp3) is 0.778. The summed E-state index contributed by atoms with van der Waals surface area (Å²) >= 11 is 0. The second kappa shape index (κ2) is 7.11. The number of hydrogen-bond donors (Lipinski definition) is 2. The van der Waals surface area contributed by atoms with Crippen LogP contribution in [0.15, 0.2) is 0 Å². The monoisotopic (exact) mass is 171 g/mol. The average Bonchev–Trinajstić information content (AvgIpc) is 2.07. The zero-order chi connectivity index (χ0) is 9.40. The lowest BCUT2D eigenvalue weighted by Crippen LogP contribution is -2.36. The molecule has 12 heavy (non-hydrogen) atoms. The first-order valence-electron chi connectivity index (χ1n) is 4.11. The molecule has 0 aliphatic rings. The van der Waals surface area contributed by atoms with Crippen LogP contribution in [0.5, 0.6) is 0 Å². The number of aliphatic hydroxyl groups is 1. The van der Waals surface area contributed by atoms with E-state index in [1.807, 2.05) is 6.92 Å². The van der Waals surface area contributed by atoms with E-state index >= 15 is 0 Å². The lowest BCUT2D eigenvalue weighted by molar-refractivity contribution is 0.0637. The average molecular weight is 171 g/mol. The van der Waals surface area contributed by atoms with E-state index in [1.165, 1.54) is 0 Å².